The number of carbonyl (C=O) groups is 1. The monoisotopic (exact) mass is 405 g/mol. The highest BCUT2D eigenvalue weighted by molar-refractivity contribution is 7.08. The van der Waals surface area contributed by atoms with Gasteiger partial charge in [0.2, 0.25) is 5.91 Å². The number of ether oxygens (including phenoxy) is 1. The molecule has 2 heterocycles. The molecule has 1 aromatic heterocycles. The first-order valence-corrected chi connectivity index (χ1v) is 11.2. The number of benzene rings is 2. The van der Waals surface area contributed by atoms with E-state index in [1.54, 1.807) is 11.3 Å². The van der Waals surface area contributed by atoms with Crippen LogP contribution < -0.4 is 5.32 Å². The molecule has 4 heteroatoms. The Labute approximate surface area is 176 Å². The van der Waals surface area contributed by atoms with Crippen LogP contribution in [0.3, 0.4) is 0 Å². The van der Waals surface area contributed by atoms with Gasteiger partial charge in [-0.2, -0.15) is 11.3 Å². The quantitative estimate of drug-likeness (QED) is 0.591. The Morgan fingerprint density at radius 3 is 2.14 bits per heavy atom. The molecule has 4 rings (SSSR count). The lowest BCUT2D eigenvalue weighted by Crippen LogP contribution is -2.44. The van der Waals surface area contributed by atoms with E-state index in [0.717, 1.165) is 26.1 Å². The van der Waals surface area contributed by atoms with Crippen molar-refractivity contribution in [1.82, 2.24) is 5.32 Å². The predicted octanol–water partition coefficient (Wildman–Crippen LogP) is 5.13. The van der Waals surface area contributed by atoms with Crippen molar-refractivity contribution in [3.8, 4) is 0 Å². The molecule has 3 nitrogen and oxygen atoms in total. The molecule has 0 bridgehead atoms. The predicted molar refractivity (Wildman–Crippen MR) is 118 cm³/mol. The van der Waals surface area contributed by atoms with E-state index >= 15 is 0 Å². The molecule has 1 N–H and O–H groups in total. The Balaban J connectivity index is 1.48. The van der Waals surface area contributed by atoms with Crippen molar-refractivity contribution in [3.63, 3.8) is 0 Å². The molecule has 2 aromatic carbocycles. The van der Waals surface area contributed by atoms with Crippen molar-refractivity contribution in [1.29, 1.82) is 0 Å². The molecule has 29 heavy (non-hydrogen) atoms. The second-order valence-electron chi connectivity index (χ2n) is 7.76. The van der Waals surface area contributed by atoms with Crippen LogP contribution in [0.15, 0.2) is 77.5 Å². The minimum absolute atomic E-state index is 0.0110. The van der Waals surface area contributed by atoms with Crippen LogP contribution in [0.5, 0.6) is 0 Å². The highest BCUT2D eigenvalue weighted by Gasteiger charge is 2.35. The van der Waals surface area contributed by atoms with Crippen LogP contribution in [0.2, 0.25) is 0 Å². The van der Waals surface area contributed by atoms with Crippen molar-refractivity contribution in [2.24, 2.45) is 0 Å². The number of nitrogens with one attached hydrogen (secondary N) is 1. The van der Waals surface area contributed by atoms with Crippen LogP contribution in [0, 0.1) is 0 Å². The summed E-state index contributed by atoms with van der Waals surface area (Å²) < 4.78 is 5.60. The molecule has 1 amide bonds. The minimum atomic E-state index is -0.0110. The Hall–Kier alpha value is -2.43. The average molecular weight is 406 g/mol. The Kier molecular flexibility index (Phi) is 6.43. The third kappa shape index (κ3) is 4.77. The summed E-state index contributed by atoms with van der Waals surface area (Å²) in [6.45, 7) is 2.17. The molecule has 150 valence electrons. The highest BCUT2D eigenvalue weighted by Crippen LogP contribution is 2.36. The molecule has 0 aliphatic carbocycles. The summed E-state index contributed by atoms with van der Waals surface area (Å²) in [5.74, 6) is 0.160. The van der Waals surface area contributed by atoms with Gasteiger partial charge in [-0.05, 0) is 46.4 Å². The summed E-state index contributed by atoms with van der Waals surface area (Å²) in [6, 6.07) is 22.8. The van der Waals surface area contributed by atoms with Gasteiger partial charge in [-0.25, -0.2) is 0 Å². The van der Waals surface area contributed by atoms with Crippen molar-refractivity contribution < 1.29 is 9.53 Å². The molecule has 0 saturated carbocycles. The third-order valence-electron chi connectivity index (χ3n) is 6.00. The maximum Gasteiger partial charge on any atom is 0.220 e. The molecule has 1 aliphatic heterocycles. The Bertz CT molecular complexity index is 848. The summed E-state index contributed by atoms with van der Waals surface area (Å²) in [5.41, 5.74) is 3.66. The summed E-state index contributed by atoms with van der Waals surface area (Å²) in [7, 11) is 0. The molecule has 1 fully saturated rings. The maximum absolute atomic E-state index is 13.0. The van der Waals surface area contributed by atoms with E-state index < -0.39 is 0 Å². The zero-order valence-corrected chi connectivity index (χ0v) is 17.4. The van der Waals surface area contributed by atoms with E-state index in [1.807, 2.05) is 36.4 Å². The summed E-state index contributed by atoms with van der Waals surface area (Å²) >= 11 is 1.72. The van der Waals surface area contributed by atoms with E-state index in [1.165, 1.54) is 16.7 Å². The number of carbonyl (C=O) groups excluding carboxylic acids is 1. The smallest absolute Gasteiger partial charge is 0.220 e. The Morgan fingerprint density at radius 1 is 0.966 bits per heavy atom. The fourth-order valence-electron chi connectivity index (χ4n) is 4.22. The van der Waals surface area contributed by atoms with Gasteiger partial charge >= 0.3 is 0 Å². The topological polar surface area (TPSA) is 38.3 Å². The summed E-state index contributed by atoms with van der Waals surface area (Å²) in [4.78, 5) is 13.0. The second kappa shape index (κ2) is 9.38. The summed E-state index contributed by atoms with van der Waals surface area (Å²) in [5, 5.41) is 7.60. The van der Waals surface area contributed by atoms with Gasteiger partial charge in [0.25, 0.3) is 0 Å². The van der Waals surface area contributed by atoms with Gasteiger partial charge in [0.1, 0.15) is 0 Å². The number of hydrogen-bond donors (Lipinski definition) is 1. The Morgan fingerprint density at radius 2 is 1.59 bits per heavy atom. The van der Waals surface area contributed by atoms with Crippen LogP contribution in [-0.2, 0) is 14.9 Å². The normalized spacial score (nSPS) is 15.9. The molecular weight excluding hydrogens is 378 g/mol. The van der Waals surface area contributed by atoms with Gasteiger partial charge in [-0.15, -0.1) is 0 Å². The lowest BCUT2D eigenvalue weighted by atomic mass is 9.75. The number of amides is 1. The largest absolute Gasteiger partial charge is 0.381 e. The number of rotatable bonds is 7. The van der Waals surface area contributed by atoms with Crippen LogP contribution in [0.4, 0.5) is 0 Å². The van der Waals surface area contributed by atoms with Crippen molar-refractivity contribution in [3.05, 3.63) is 94.2 Å². The fraction of sp³-hybridized carbons (Fsp3) is 0.320. The van der Waals surface area contributed by atoms with Crippen LogP contribution in [0.25, 0.3) is 0 Å². The van der Waals surface area contributed by atoms with E-state index in [2.05, 4.69) is 46.4 Å². The van der Waals surface area contributed by atoms with Gasteiger partial charge < -0.3 is 10.1 Å². The lowest BCUT2D eigenvalue weighted by molar-refractivity contribution is -0.121. The number of thiophene rings is 1. The second-order valence-corrected chi connectivity index (χ2v) is 8.54. The first-order valence-electron chi connectivity index (χ1n) is 10.2. The maximum atomic E-state index is 13.0. The van der Waals surface area contributed by atoms with Gasteiger partial charge in [0.15, 0.2) is 0 Å². The molecule has 1 aliphatic rings. The van der Waals surface area contributed by atoms with Gasteiger partial charge in [-0.3, -0.25) is 4.79 Å². The fourth-order valence-corrected chi connectivity index (χ4v) is 5.00. The summed E-state index contributed by atoms with van der Waals surface area (Å²) in [6.07, 6.45) is 2.35. The lowest BCUT2D eigenvalue weighted by Gasteiger charge is -2.37. The minimum Gasteiger partial charge on any atom is -0.381 e. The molecule has 0 atom stereocenters. The molecule has 3 aromatic rings. The highest BCUT2D eigenvalue weighted by atomic mass is 32.1. The van der Waals surface area contributed by atoms with Crippen LogP contribution in [-0.4, -0.2) is 25.7 Å². The zero-order chi connectivity index (χ0) is 19.9. The van der Waals surface area contributed by atoms with E-state index in [-0.39, 0.29) is 17.2 Å². The standard InChI is InChI=1S/C25H27NO2S/c27-24(26-19-25(12-14-28-15-13-25)22-11-16-29-18-22)17-23(20-7-3-1-4-8-20)21-9-5-2-6-10-21/h1-11,16,18,23H,12-15,17,19H2,(H,26,27). The molecule has 0 spiro atoms. The van der Waals surface area contributed by atoms with Gasteiger partial charge in [0, 0.05) is 37.5 Å². The van der Waals surface area contributed by atoms with Crippen molar-refractivity contribution in [2.75, 3.05) is 19.8 Å². The molecular formula is C25H27NO2S. The van der Waals surface area contributed by atoms with Crippen LogP contribution in [0.1, 0.15) is 41.9 Å². The number of hydrogen-bond acceptors (Lipinski definition) is 3. The van der Waals surface area contributed by atoms with Crippen molar-refractivity contribution in [2.45, 2.75) is 30.6 Å². The van der Waals surface area contributed by atoms with Gasteiger partial charge in [0.05, 0.1) is 0 Å². The molecule has 0 radical (unpaired) electrons. The molecule has 1 saturated heterocycles. The van der Waals surface area contributed by atoms with Gasteiger partial charge in [-0.1, -0.05) is 60.7 Å². The van der Waals surface area contributed by atoms with E-state index in [4.69, 9.17) is 4.74 Å². The van der Waals surface area contributed by atoms with E-state index in [9.17, 15) is 4.79 Å². The van der Waals surface area contributed by atoms with Crippen molar-refractivity contribution >= 4 is 17.2 Å². The third-order valence-corrected chi connectivity index (χ3v) is 6.68. The SMILES string of the molecule is O=C(CC(c1ccccc1)c1ccccc1)NCC1(c2ccsc2)CCOCC1. The van der Waals surface area contributed by atoms with Crippen LogP contribution >= 0.6 is 11.3 Å². The molecule has 0 unspecified atom stereocenters. The van der Waals surface area contributed by atoms with E-state index in [0.29, 0.717) is 13.0 Å². The zero-order valence-electron chi connectivity index (χ0n) is 16.6. The average Bonchev–Trinajstić information content (AvgIpc) is 3.34. The first kappa shape index (κ1) is 19.9. The first-order chi connectivity index (χ1) is 14.3.